The molecule has 112 valence electrons. The minimum absolute atomic E-state index is 0.00638. The molecule has 0 amide bonds. The molecule has 0 saturated carbocycles. The van der Waals surface area contributed by atoms with Gasteiger partial charge in [0.15, 0.2) is 0 Å². The number of benzene rings is 2. The molecule has 0 aliphatic rings. The van der Waals surface area contributed by atoms with Gasteiger partial charge in [0.2, 0.25) is 0 Å². The molecule has 4 heteroatoms. The fourth-order valence-electron chi connectivity index (χ4n) is 2.50. The lowest BCUT2D eigenvalue weighted by molar-refractivity contribution is 0.241. The molecule has 2 rings (SSSR count). The zero-order chi connectivity index (χ0) is 15.4. The van der Waals surface area contributed by atoms with Crippen molar-refractivity contribution in [2.75, 3.05) is 13.6 Å². The maximum atomic E-state index is 13.7. The quantitative estimate of drug-likeness (QED) is 0.881. The summed E-state index contributed by atoms with van der Waals surface area (Å²) in [5.74, 6) is -0.255. The Labute approximate surface area is 133 Å². The van der Waals surface area contributed by atoms with Crippen LogP contribution in [-0.4, -0.2) is 18.5 Å². The lowest BCUT2D eigenvalue weighted by Crippen LogP contribution is -2.30. The smallest absolute Gasteiger partial charge is 0.137 e. The van der Waals surface area contributed by atoms with Crippen LogP contribution in [0, 0.1) is 12.7 Å². The summed E-state index contributed by atoms with van der Waals surface area (Å²) in [5.41, 5.74) is 9.26. The maximum Gasteiger partial charge on any atom is 0.137 e. The van der Waals surface area contributed by atoms with Crippen molar-refractivity contribution in [1.29, 1.82) is 0 Å². The van der Waals surface area contributed by atoms with Gasteiger partial charge in [-0.25, -0.2) is 4.39 Å². The molecule has 0 aromatic heterocycles. The number of likely N-dealkylation sites (N-methyl/N-ethyl adjacent to an activating group) is 1. The van der Waals surface area contributed by atoms with Gasteiger partial charge in [-0.05, 0) is 53.2 Å². The van der Waals surface area contributed by atoms with Crippen LogP contribution < -0.4 is 5.73 Å². The minimum atomic E-state index is -0.255. The second-order valence-corrected chi connectivity index (χ2v) is 6.18. The highest BCUT2D eigenvalue weighted by molar-refractivity contribution is 9.10. The molecule has 2 aromatic rings. The van der Waals surface area contributed by atoms with E-state index in [1.54, 1.807) is 12.1 Å². The van der Waals surface area contributed by atoms with Gasteiger partial charge in [-0.15, -0.1) is 0 Å². The molecule has 0 spiro atoms. The summed E-state index contributed by atoms with van der Waals surface area (Å²) in [6.45, 7) is 3.30. The molecule has 21 heavy (non-hydrogen) atoms. The van der Waals surface area contributed by atoms with E-state index in [9.17, 15) is 4.39 Å². The highest BCUT2D eigenvalue weighted by atomic mass is 79.9. The largest absolute Gasteiger partial charge is 0.329 e. The lowest BCUT2D eigenvalue weighted by Gasteiger charge is -2.27. The van der Waals surface area contributed by atoms with Crippen molar-refractivity contribution in [1.82, 2.24) is 4.90 Å². The molecule has 2 N–H and O–H groups in total. The summed E-state index contributed by atoms with van der Waals surface area (Å²) in [6.07, 6.45) is 0. The van der Waals surface area contributed by atoms with E-state index in [1.807, 2.05) is 13.1 Å². The van der Waals surface area contributed by atoms with Crippen LogP contribution in [-0.2, 0) is 6.54 Å². The molecule has 2 aromatic carbocycles. The van der Waals surface area contributed by atoms with Gasteiger partial charge in [0.25, 0.3) is 0 Å². The van der Waals surface area contributed by atoms with E-state index in [0.717, 1.165) is 12.1 Å². The number of aryl methyl sites for hydroxylation is 1. The Morgan fingerprint density at radius 3 is 2.62 bits per heavy atom. The molecular weight excluding hydrogens is 331 g/mol. The maximum absolute atomic E-state index is 13.7. The van der Waals surface area contributed by atoms with Crippen LogP contribution in [0.2, 0.25) is 0 Å². The summed E-state index contributed by atoms with van der Waals surface area (Å²) in [4.78, 5) is 2.15. The van der Waals surface area contributed by atoms with Gasteiger partial charge >= 0.3 is 0 Å². The van der Waals surface area contributed by atoms with Crippen LogP contribution in [0.15, 0.2) is 46.9 Å². The molecule has 0 fully saturated rings. The summed E-state index contributed by atoms with van der Waals surface area (Å²) in [7, 11) is 2.01. The molecule has 2 nitrogen and oxygen atoms in total. The summed E-state index contributed by atoms with van der Waals surface area (Å²) in [6, 6.07) is 13.6. The van der Waals surface area contributed by atoms with E-state index in [-0.39, 0.29) is 11.9 Å². The van der Waals surface area contributed by atoms with Crippen molar-refractivity contribution < 1.29 is 4.39 Å². The third kappa shape index (κ3) is 4.13. The van der Waals surface area contributed by atoms with Crippen molar-refractivity contribution in [2.24, 2.45) is 5.73 Å². The number of hydrogen-bond acceptors (Lipinski definition) is 2. The van der Waals surface area contributed by atoms with Gasteiger partial charge in [0.1, 0.15) is 5.82 Å². The van der Waals surface area contributed by atoms with Crippen molar-refractivity contribution >= 4 is 15.9 Å². The molecule has 0 radical (unpaired) electrons. The van der Waals surface area contributed by atoms with Crippen LogP contribution in [0.3, 0.4) is 0 Å². The first-order valence-corrected chi connectivity index (χ1v) is 7.71. The van der Waals surface area contributed by atoms with Crippen molar-refractivity contribution in [2.45, 2.75) is 19.5 Å². The van der Waals surface area contributed by atoms with Crippen LogP contribution >= 0.6 is 15.9 Å². The molecule has 0 bridgehead atoms. The molecule has 0 aliphatic carbocycles. The summed E-state index contributed by atoms with van der Waals surface area (Å²) >= 11 is 3.18. The van der Waals surface area contributed by atoms with Gasteiger partial charge < -0.3 is 5.73 Å². The zero-order valence-electron chi connectivity index (χ0n) is 12.3. The highest BCUT2D eigenvalue weighted by Gasteiger charge is 2.17. The first-order valence-electron chi connectivity index (χ1n) is 6.92. The monoisotopic (exact) mass is 350 g/mol. The first-order chi connectivity index (χ1) is 10.0. The second-order valence-electron chi connectivity index (χ2n) is 5.33. The molecular formula is C17H20BrFN2. The predicted molar refractivity (Wildman–Crippen MR) is 88.5 cm³/mol. The number of rotatable bonds is 5. The van der Waals surface area contributed by atoms with E-state index < -0.39 is 0 Å². The summed E-state index contributed by atoms with van der Waals surface area (Å²) in [5, 5.41) is 0. The average molecular weight is 351 g/mol. The Kier molecular flexibility index (Phi) is 5.51. The normalized spacial score (nSPS) is 12.7. The Hall–Kier alpha value is -1.23. The Morgan fingerprint density at radius 2 is 2.00 bits per heavy atom. The standard InChI is InChI=1S/C17H20BrFN2/c1-12-4-3-5-13(8-12)11-21(2)17(10-20)14-6-7-15(18)16(19)9-14/h3-9,17H,10-11,20H2,1-2H3. The molecule has 0 saturated heterocycles. The fraction of sp³-hybridized carbons (Fsp3) is 0.294. The van der Waals surface area contributed by atoms with E-state index in [1.165, 1.54) is 11.1 Å². The number of nitrogens with zero attached hydrogens (tertiary/aromatic N) is 1. The highest BCUT2D eigenvalue weighted by Crippen LogP contribution is 2.24. The van der Waals surface area contributed by atoms with Crippen LogP contribution in [0.4, 0.5) is 4.39 Å². The third-order valence-electron chi connectivity index (χ3n) is 3.60. The first kappa shape index (κ1) is 16.1. The predicted octanol–water partition coefficient (Wildman–Crippen LogP) is 4.03. The number of nitrogens with two attached hydrogens (primary N) is 1. The fourth-order valence-corrected chi connectivity index (χ4v) is 2.75. The van der Waals surface area contributed by atoms with E-state index in [4.69, 9.17) is 5.73 Å². The van der Waals surface area contributed by atoms with Crippen molar-refractivity contribution in [3.8, 4) is 0 Å². The third-order valence-corrected chi connectivity index (χ3v) is 4.24. The topological polar surface area (TPSA) is 29.3 Å². The number of halogens is 2. The summed E-state index contributed by atoms with van der Waals surface area (Å²) < 4.78 is 14.2. The Morgan fingerprint density at radius 1 is 1.24 bits per heavy atom. The van der Waals surface area contributed by atoms with Crippen molar-refractivity contribution in [3.05, 3.63) is 69.4 Å². The van der Waals surface area contributed by atoms with Crippen LogP contribution in [0.25, 0.3) is 0 Å². The van der Waals surface area contributed by atoms with Gasteiger partial charge in [-0.2, -0.15) is 0 Å². The van der Waals surface area contributed by atoms with Gasteiger partial charge in [-0.3, -0.25) is 4.90 Å². The van der Waals surface area contributed by atoms with Gasteiger partial charge in [0.05, 0.1) is 4.47 Å². The van der Waals surface area contributed by atoms with Crippen molar-refractivity contribution in [3.63, 3.8) is 0 Å². The van der Waals surface area contributed by atoms with E-state index in [2.05, 4.69) is 52.0 Å². The number of hydrogen-bond donors (Lipinski definition) is 1. The van der Waals surface area contributed by atoms with Crippen LogP contribution in [0.5, 0.6) is 0 Å². The second kappa shape index (κ2) is 7.16. The average Bonchev–Trinajstić information content (AvgIpc) is 2.43. The Balaban J connectivity index is 2.18. The molecule has 1 atom stereocenters. The minimum Gasteiger partial charge on any atom is -0.329 e. The van der Waals surface area contributed by atoms with Gasteiger partial charge in [-0.1, -0.05) is 35.9 Å². The Bertz CT molecular complexity index is 615. The van der Waals surface area contributed by atoms with E-state index >= 15 is 0 Å². The molecule has 1 unspecified atom stereocenters. The lowest BCUT2D eigenvalue weighted by atomic mass is 10.0. The van der Waals surface area contributed by atoms with E-state index in [0.29, 0.717) is 11.0 Å². The van der Waals surface area contributed by atoms with Gasteiger partial charge in [0, 0.05) is 19.1 Å². The molecule has 0 aliphatic heterocycles. The van der Waals surface area contributed by atoms with Crippen LogP contribution in [0.1, 0.15) is 22.7 Å². The SMILES string of the molecule is Cc1cccc(CN(C)C(CN)c2ccc(Br)c(F)c2)c1. The zero-order valence-corrected chi connectivity index (χ0v) is 13.9. The molecule has 0 heterocycles.